The van der Waals surface area contributed by atoms with Crippen LogP contribution in [0, 0.1) is 0 Å². The molecule has 0 aliphatic carbocycles. The van der Waals surface area contributed by atoms with Gasteiger partial charge in [0.25, 0.3) is 5.91 Å². The summed E-state index contributed by atoms with van der Waals surface area (Å²) in [4.78, 5) is 12.5. The van der Waals surface area contributed by atoms with Crippen molar-refractivity contribution in [2.75, 3.05) is 5.01 Å². The van der Waals surface area contributed by atoms with E-state index in [1.54, 1.807) is 29.3 Å². The lowest BCUT2D eigenvalue weighted by atomic mass is 10.1. The van der Waals surface area contributed by atoms with Crippen LogP contribution in [0.5, 0.6) is 0 Å². The van der Waals surface area contributed by atoms with Gasteiger partial charge in [-0.2, -0.15) is 0 Å². The lowest BCUT2D eigenvalue weighted by Gasteiger charge is -2.26. The summed E-state index contributed by atoms with van der Waals surface area (Å²) in [6.07, 6.45) is -1.24. The van der Waals surface area contributed by atoms with E-state index in [2.05, 4.69) is 5.43 Å². The molecule has 0 saturated carbocycles. The standard InChI is InChI=1S/C20H18N2O2/c23-19(16-10-4-1-5-11-16)20(24)21-22(17-12-6-2-7-13-17)18-14-8-3-9-15-18/h1-15,19,23H,(H,21,24)/t19-/m1/s1. The van der Waals surface area contributed by atoms with Crippen LogP contribution in [0.4, 0.5) is 11.4 Å². The molecule has 4 heteroatoms. The van der Waals surface area contributed by atoms with Crippen molar-refractivity contribution in [2.45, 2.75) is 6.10 Å². The normalized spacial score (nSPS) is 11.5. The van der Waals surface area contributed by atoms with Crippen LogP contribution in [0.1, 0.15) is 11.7 Å². The Hall–Kier alpha value is -3.11. The van der Waals surface area contributed by atoms with E-state index in [0.717, 1.165) is 11.4 Å². The van der Waals surface area contributed by atoms with Gasteiger partial charge in [0.2, 0.25) is 0 Å². The number of amides is 1. The van der Waals surface area contributed by atoms with Gasteiger partial charge in [0.1, 0.15) is 0 Å². The summed E-state index contributed by atoms with van der Waals surface area (Å²) >= 11 is 0. The third kappa shape index (κ3) is 3.62. The van der Waals surface area contributed by atoms with Crippen LogP contribution in [0.15, 0.2) is 91.0 Å². The number of para-hydroxylation sites is 2. The van der Waals surface area contributed by atoms with Crippen molar-refractivity contribution in [3.05, 3.63) is 96.6 Å². The van der Waals surface area contributed by atoms with Crippen molar-refractivity contribution in [1.29, 1.82) is 0 Å². The SMILES string of the molecule is O=C(NN(c1ccccc1)c1ccccc1)[C@H](O)c1ccccc1. The van der Waals surface area contributed by atoms with Crippen molar-refractivity contribution < 1.29 is 9.90 Å². The van der Waals surface area contributed by atoms with Gasteiger partial charge in [-0.05, 0) is 29.8 Å². The zero-order valence-electron chi connectivity index (χ0n) is 13.0. The summed E-state index contributed by atoms with van der Waals surface area (Å²) in [7, 11) is 0. The molecule has 0 radical (unpaired) electrons. The number of benzene rings is 3. The number of rotatable bonds is 5. The molecule has 0 aliphatic heterocycles. The fraction of sp³-hybridized carbons (Fsp3) is 0.0500. The molecular formula is C20H18N2O2. The molecule has 24 heavy (non-hydrogen) atoms. The summed E-state index contributed by atoms with van der Waals surface area (Å²) in [5.41, 5.74) is 4.95. The molecule has 4 nitrogen and oxygen atoms in total. The number of hydrogen-bond donors (Lipinski definition) is 2. The molecule has 120 valence electrons. The first kappa shape index (κ1) is 15.8. The molecule has 1 atom stereocenters. The first-order chi connectivity index (χ1) is 11.8. The number of aliphatic hydroxyl groups excluding tert-OH is 1. The number of aliphatic hydroxyl groups is 1. The lowest BCUT2D eigenvalue weighted by molar-refractivity contribution is -0.129. The molecule has 0 saturated heterocycles. The summed E-state index contributed by atoms with van der Waals surface area (Å²) in [6, 6.07) is 27.8. The van der Waals surface area contributed by atoms with E-state index in [-0.39, 0.29) is 0 Å². The van der Waals surface area contributed by atoms with E-state index in [1.165, 1.54) is 0 Å². The number of anilines is 2. The Morgan fingerprint density at radius 2 is 1.17 bits per heavy atom. The molecule has 1 amide bonds. The molecule has 0 bridgehead atoms. The van der Waals surface area contributed by atoms with Gasteiger partial charge in [-0.25, -0.2) is 0 Å². The van der Waals surface area contributed by atoms with Gasteiger partial charge in [-0.15, -0.1) is 0 Å². The van der Waals surface area contributed by atoms with Crippen LogP contribution < -0.4 is 10.4 Å². The van der Waals surface area contributed by atoms with Crippen molar-refractivity contribution in [3.63, 3.8) is 0 Å². The van der Waals surface area contributed by atoms with Crippen LogP contribution >= 0.6 is 0 Å². The number of nitrogens with one attached hydrogen (secondary N) is 1. The second-order valence-electron chi connectivity index (χ2n) is 5.30. The fourth-order valence-electron chi connectivity index (χ4n) is 2.39. The average Bonchev–Trinajstić information content (AvgIpc) is 2.67. The van der Waals surface area contributed by atoms with Gasteiger partial charge in [0.05, 0.1) is 11.4 Å². The van der Waals surface area contributed by atoms with Gasteiger partial charge in [-0.3, -0.25) is 15.2 Å². The number of hydrazine groups is 1. The average molecular weight is 318 g/mol. The second-order valence-corrected chi connectivity index (χ2v) is 5.30. The van der Waals surface area contributed by atoms with Crippen molar-refractivity contribution in [1.82, 2.24) is 5.43 Å². The Morgan fingerprint density at radius 3 is 1.62 bits per heavy atom. The minimum atomic E-state index is -1.24. The summed E-state index contributed by atoms with van der Waals surface area (Å²) in [5.74, 6) is -0.492. The Balaban J connectivity index is 1.86. The first-order valence-electron chi connectivity index (χ1n) is 7.69. The second kappa shape index (κ2) is 7.44. The molecule has 3 aromatic carbocycles. The Bertz CT molecular complexity index is 737. The molecule has 0 spiro atoms. The molecule has 0 fully saturated rings. The minimum absolute atomic E-state index is 0.492. The molecule has 2 N–H and O–H groups in total. The first-order valence-corrected chi connectivity index (χ1v) is 7.69. The summed E-state index contributed by atoms with van der Waals surface area (Å²) in [5, 5.41) is 12.0. The van der Waals surface area contributed by atoms with Crippen LogP contribution in [0.25, 0.3) is 0 Å². The highest BCUT2D eigenvalue weighted by Crippen LogP contribution is 2.23. The summed E-state index contributed by atoms with van der Waals surface area (Å²) < 4.78 is 0. The zero-order valence-corrected chi connectivity index (χ0v) is 13.0. The summed E-state index contributed by atoms with van der Waals surface area (Å²) in [6.45, 7) is 0. The van der Waals surface area contributed by atoms with Gasteiger partial charge >= 0.3 is 0 Å². The minimum Gasteiger partial charge on any atom is -0.378 e. The van der Waals surface area contributed by atoms with Crippen molar-refractivity contribution >= 4 is 17.3 Å². The monoisotopic (exact) mass is 318 g/mol. The van der Waals surface area contributed by atoms with Crippen molar-refractivity contribution in [3.8, 4) is 0 Å². The Labute approximate surface area is 141 Å². The number of carbonyl (C=O) groups is 1. The molecule has 0 unspecified atom stereocenters. The van der Waals surface area contributed by atoms with Gasteiger partial charge < -0.3 is 5.11 Å². The largest absolute Gasteiger partial charge is 0.378 e. The van der Waals surface area contributed by atoms with Crippen molar-refractivity contribution in [2.24, 2.45) is 0 Å². The fourth-order valence-corrected chi connectivity index (χ4v) is 2.39. The molecule has 3 aromatic rings. The Morgan fingerprint density at radius 1 is 0.750 bits per heavy atom. The smallest absolute Gasteiger partial charge is 0.272 e. The predicted octanol–water partition coefficient (Wildman–Crippen LogP) is 3.59. The maximum atomic E-state index is 12.5. The highest BCUT2D eigenvalue weighted by atomic mass is 16.3. The van der Waals surface area contributed by atoms with E-state index in [0.29, 0.717) is 5.56 Å². The van der Waals surface area contributed by atoms with Crippen LogP contribution in [0.3, 0.4) is 0 Å². The maximum absolute atomic E-state index is 12.5. The maximum Gasteiger partial charge on any atom is 0.272 e. The number of hydrogen-bond acceptors (Lipinski definition) is 3. The van der Waals surface area contributed by atoms with E-state index >= 15 is 0 Å². The van der Waals surface area contributed by atoms with E-state index in [9.17, 15) is 9.90 Å². The third-order valence-electron chi connectivity index (χ3n) is 3.61. The van der Waals surface area contributed by atoms with E-state index in [1.807, 2.05) is 66.7 Å². The van der Waals surface area contributed by atoms with Crippen LogP contribution in [-0.4, -0.2) is 11.0 Å². The molecule has 3 rings (SSSR count). The highest BCUT2D eigenvalue weighted by Gasteiger charge is 2.20. The highest BCUT2D eigenvalue weighted by molar-refractivity contribution is 5.85. The molecule has 0 aliphatic rings. The molecule has 0 aromatic heterocycles. The molecular weight excluding hydrogens is 300 g/mol. The Kier molecular flexibility index (Phi) is 4.89. The van der Waals surface area contributed by atoms with Gasteiger partial charge in [0.15, 0.2) is 6.10 Å². The van der Waals surface area contributed by atoms with E-state index in [4.69, 9.17) is 0 Å². The van der Waals surface area contributed by atoms with E-state index < -0.39 is 12.0 Å². The lowest BCUT2D eigenvalue weighted by Crippen LogP contribution is -2.41. The molecule has 0 heterocycles. The predicted molar refractivity (Wildman–Crippen MR) is 94.6 cm³/mol. The number of nitrogens with zero attached hydrogens (tertiary/aromatic N) is 1. The topological polar surface area (TPSA) is 52.6 Å². The quantitative estimate of drug-likeness (QED) is 0.707. The van der Waals surface area contributed by atoms with Gasteiger partial charge in [0, 0.05) is 0 Å². The third-order valence-corrected chi connectivity index (χ3v) is 3.61. The zero-order chi connectivity index (χ0) is 16.8. The number of carbonyl (C=O) groups excluding carboxylic acids is 1. The van der Waals surface area contributed by atoms with Gasteiger partial charge in [-0.1, -0.05) is 66.7 Å². The van der Waals surface area contributed by atoms with Crippen LogP contribution in [0.2, 0.25) is 0 Å². The van der Waals surface area contributed by atoms with Crippen LogP contribution in [-0.2, 0) is 4.79 Å².